The fourth-order valence-electron chi connectivity index (χ4n) is 3.91. The van der Waals surface area contributed by atoms with E-state index < -0.39 is 6.17 Å². The number of hydrogen-bond donors (Lipinski definition) is 1. The van der Waals surface area contributed by atoms with E-state index in [9.17, 15) is 4.79 Å². The maximum Gasteiger partial charge on any atom is 0.317 e. The highest BCUT2D eigenvalue weighted by atomic mass is 16.5. The maximum atomic E-state index is 13.0. The number of nitrogens with zero attached hydrogens (tertiary/aromatic N) is 3. The molecule has 3 heterocycles. The Kier molecular flexibility index (Phi) is 5.11. The van der Waals surface area contributed by atoms with Gasteiger partial charge in [-0.25, -0.2) is 0 Å². The van der Waals surface area contributed by atoms with E-state index in [1.807, 2.05) is 54.6 Å². The number of aromatic nitrogens is 2. The Balaban J connectivity index is 1.46. The standard InChI is InChI=1S/C23H22N4O3/c28-19-13-16-9-4-5-11-18(16)20(15-7-2-1-3-8-15)24-21(19)25-23-27-26-22(30-23)17-10-6-12-29-14-17/h1-5,7-9,11,17,21H,6,10,12-14H2,(H,25,27)/t17-,21?/m1/s1. The van der Waals surface area contributed by atoms with Crippen molar-refractivity contribution >= 4 is 17.5 Å². The number of nitrogens with one attached hydrogen (secondary N) is 1. The van der Waals surface area contributed by atoms with Crippen molar-refractivity contribution in [2.45, 2.75) is 31.3 Å². The second-order valence-corrected chi connectivity index (χ2v) is 7.55. The maximum absolute atomic E-state index is 13.0. The molecule has 7 heteroatoms. The molecular weight excluding hydrogens is 380 g/mol. The molecule has 30 heavy (non-hydrogen) atoms. The molecule has 1 unspecified atom stereocenters. The predicted octanol–water partition coefficient (Wildman–Crippen LogP) is 3.36. The van der Waals surface area contributed by atoms with E-state index in [1.165, 1.54) is 0 Å². The number of Topliss-reactive ketones (excluding diaryl/α,β-unsaturated/α-hetero) is 1. The highest BCUT2D eigenvalue weighted by Gasteiger charge is 2.28. The molecule has 152 valence electrons. The monoisotopic (exact) mass is 402 g/mol. The van der Waals surface area contributed by atoms with Crippen molar-refractivity contribution in [3.8, 4) is 0 Å². The summed E-state index contributed by atoms with van der Waals surface area (Å²) in [6.07, 6.45) is 1.41. The van der Waals surface area contributed by atoms with Crippen LogP contribution in [0.3, 0.4) is 0 Å². The zero-order chi connectivity index (χ0) is 20.3. The van der Waals surface area contributed by atoms with Gasteiger partial charge in [-0.15, -0.1) is 5.10 Å². The second-order valence-electron chi connectivity index (χ2n) is 7.55. The first-order valence-corrected chi connectivity index (χ1v) is 10.2. The van der Waals surface area contributed by atoms with Crippen LogP contribution in [0.4, 0.5) is 6.01 Å². The summed E-state index contributed by atoms with van der Waals surface area (Å²) in [4.78, 5) is 17.8. The van der Waals surface area contributed by atoms with Gasteiger partial charge in [0.15, 0.2) is 11.9 Å². The summed E-state index contributed by atoms with van der Waals surface area (Å²) in [7, 11) is 0. The lowest BCUT2D eigenvalue weighted by Crippen LogP contribution is -2.29. The highest BCUT2D eigenvalue weighted by Crippen LogP contribution is 2.26. The van der Waals surface area contributed by atoms with Crippen molar-refractivity contribution in [3.63, 3.8) is 0 Å². The molecule has 2 atom stereocenters. The molecular formula is C23H22N4O3. The van der Waals surface area contributed by atoms with Gasteiger partial charge >= 0.3 is 6.01 Å². The van der Waals surface area contributed by atoms with Crippen LogP contribution in [-0.2, 0) is 16.0 Å². The predicted molar refractivity (Wildman–Crippen MR) is 112 cm³/mol. The van der Waals surface area contributed by atoms with Gasteiger partial charge in [0.05, 0.1) is 18.2 Å². The lowest BCUT2D eigenvalue weighted by molar-refractivity contribution is -0.119. The zero-order valence-corrected chi connectivity index (χ0v) is 16.5. The summed E-state index contributed by atoms with van der Waals surface area (Å²) in [5.74, 6) is 0.585. The molecule has 0 amide bonds. The topological polar surface area (TPSA) is 89.6 Å². The van der Waals surface area contributed by atoms with E-state index in [1.54, 1.807) is 0 Å². The number of hydrogen-bond acceptors (Lipinski definition) is 7. The molecule has 0 radical (unpaired) electrons. The molecule has 0 spiro atoms. The third kappa shape index (κ3) is 3.76. The molecule has 2 aromatic carbocycles. The first-order valence-electron chi connectivity index (χ1n) is 10.2. The fraction of sp³-hybridized carbons (Fsp3) is 0.304. The molecule has 0 bridgehead atoms. The van der Waals surface area contributed by atoms with Gasteiger partial charge in [-0.1, -0.05) is 59.7 Å². The van der Waals surface area contributed by atoms with Crippen LogP contribution in [0.1, 0.15) is 41.3 Å². The Labute approximate surface area is 174 Å². The molecule has 1 N–H and O–H groups in total. The van der Waals surface area contributed by atoms with Gasteiger partial charge in [0, 0.05) is 24.2 Å². The first kappa shape index (κ1) is 18.7. The minimum atomic E-state index is -0.802. The number of rotatable bonds is 4. The third-order valence-corrected chi connectivity index (χ3v) is 5.46. The summed E-state index contributed by atoms with van der Waals surface area (Å²) < 4.78 is 11.3. The van der Waals surface area contributed by atoms with E-state index in [0.717, 1.165) is 41.9 Å². The molecule has 1 saturated heterocycles. The normalized spacial score (nSPS) is 21.5. The summed E-state index contributed by atoms with van der Waals surface area (Å²) in [6, 6.07) is 18.0. The number of ether oxygens (including phenoxy) is 1. The molecule has 1 fully saturated rings. The van der Waals surface area contributed by atoms with Gasteiger partial charge in [0.2, 0.25) is 5.89 Å². The number of anilines is 1. The quantitative estimate of drug-likeness (QED) is 0.720. The number of aliphatic imine (C=N–C) groups is 1. The largest absolute Gasteiger partial charge is 0.408 e. The van der Waals surface area contributed by atoms with Crippen molar-refractivity contribution in [2.75, 3.05) is 18.5 Å². The van der Waals surface area contributed by atoms with Crippen LogP contribution in [0, 0.1) is 0 Å². The van der Waals surface area contributed by atoms with Gasteiger partial charge < -0.3 is 14.5 Å². The molecule has 5 rings (SSSR count). The van der Waals surface area contributed by atoms with Crippen LogP contribution in [-0.4, -0.2) is 41.1 Å². The number of carbonyl (C=O) groups excluding carboxylic acids is 1. The van der Waals surface area contributed by atoms with Crippen LogP contribution in [0.2, 0.25) is 0 Å². The Hall–Kier alpha value is -3.32. The summed E-state index contributed by atoms with van der Waals surface area (Å²) in [5.41, 5.74) is 3.65. The summed E-state index contributed by atoms with van der Waals surface area (Å²) in [5, 5.41) is 11.3. The molecule has 3 aromatic rings. The van der Waals surface area contributed by atoms with Crippen molar-refractivity contribution in [2.24, 2.45) is 4.99 Å². The Morgan fingerprint density at radius 1 is 1.00 bits per heavy atom. The van der Waals surface area contributed by atoms with Gasteiger partial charge in [-0.05, 0) is 18.4 Å². The number of ketones is 1. The average Bonchev–Trinajstić information content (AvgIpc) is 3.21. The lowest BCUT2D eigenvalue weighted by atomic mass is 9.96. The van der Waals surface area contributed by atoms with E-state index in [0.29, 0.717) is 12.5 Å². The Morgan fingerprint density at radius 3 is 2.67 bits per heavy atom. The molecule has 2 aliphatic rings. The summed E-state index contributed by atoms with van der Waals surface area (Å²) >= 11 is 0. The van der Waals surface area contributed by atoms with Crippen molar-refractivity contribution in [1.29, 1.82) is 0 Å². The van der Waals surface area contributed by atoms with E-state index in [4.69, 9.17) is 14.1 Å². The van der Waals surface area contributed by atoms with Crippen LogP contribution in [0.25, 0.3) is 0 Å². The van der Waals surface area contributed by atoms with Crippen LogP contribution in [0.15, 0.2) is 64.0 Å². The van der Waals surface area contributed by atoms with Crippen LogP contribution < -0.4 is 5.32 Å². The van der Waals surface area contributed by atoms with Crippen molar-refractivity contribution in [1.82, 2.24) is 10.2 Å². The van der Waals surface area contributed by atoms with Crippen molar-refractivity contribution in [3.05, 3.63) is 77.2 Å². The SMILES string of the molecule is O=C1Cc2ccccc2C(c2ccccc2)=NC1Nc1nnc([C@@H]2CCCOC2)o1. The fourth-order valence-corrected chi connectivity index (χ4v) is 3.91. The minimum absolute atomic E-state index is 0.0471. The molecule has 7 nitrogen and oxygen atoms in total. The Bertz CT molecular complexity index is 1070. The minimum Gasteiger partial charge on any atom is -0.408 e. The summed E-state index contributed by atoms with van der Waals surface area (Å²) in [6.45, 7) is 1.35. The third-order valence-electron chi connectivity index (χ3n) is 5.46. The van der Waals surface area contributed by atoms with E-state index >= 15 is 0 Å². The molecule has 0 aliphatic carbocycles. The number of fused-ring (bicyclic) bond motifs is 1. The van der Waals surface area contributed by atoms with Gasteiger partial charge in [-0.2, -0.15) is 0 Å². The second kappa shape index (κ2) is 8.20. The van der Waals surface area contributed by atoms with Crippen LogP contribution in [0.5, 0.6) is 0 Å². The average molecular weight is 402 g/mol. The van der Waals surface area contributed by atoms with Gasteiger partial charge in [-0.3, -0.25) is 9.79 Å². The van der Waals surface area contributed by atoms with Gasteiger partial charge in [0.25, 0.3) is 0 Å². The molecule has 2 aliphatic heterocycles. The molecule has 0 saturated carbocycles. The first-order chi connectivity index (χ1) is 14.8. The van der Waals surface area contributed by atoms with E-state index in [2.05, 4.69) is 15.5 Å². The zero-order valence-electron chi connectivity index (χ0n) is 16.5. The smallest absolute Gasteiger partial charge is 0.317 e. The Morgan fingerprint density at radius 2 is 1.83 bits per heavy atom. The number of benzene rings is 2. The van der Waals surface area contributed by atoms with E-state index in [-0.39, 0.29) is 24.1 Å². The lowest BCUT2D eigenvalue weighted by Gasteiger charge is -2.18. The van der Waals surface area contributed by atoms with Crippen LogP contribution >= 0.6 is 0 Å². The number of carbonyl (C=O) groups is 1. The van der Waals surface area contributed by atoms with Crippen molar-refractivity contribution < 1.29 is 13.9 Å². The highest BCUT2D eigenvalue weighted by molar-refractivity contribution is 6.16. The van der Waals surface area contributed by atoms with Gasteiger partial charge in [0.1, 0.15) is 0 Å². The molecule has 1 aromatic heterocycles.